The number of hydrogen-bond donors (Lipinski definition) is 2. The average Bonchev–Trinajstić information content (AvgIpc) is 2.91. The molecule has 2 N–H and O–H groups in total. The molecule has 7 nitrogen and oxygen atoms in total. The van der Waals surface area contributed by atoms with Gasteiger partial charge in [0.2, 0.25) is 5.91 Å². The van der Waals surface area contributed by atoms with Crippen molar-refractivity contribution in [3.8, 4) is 5.75 Å². The fourth-order valence-electron chi connectivity index (χ4n) is 3.00. The lowest BCUT2D eigenvalue weighted by Gasteiger charge is -2.22. The Labute approximate surface area is 161 Å². The topological polar surface area (TPSA) is 87.7 Å². The molecule has 1 heterocycles. The van der Waals surface area contributed by atoms with Crippen LogP contribution in [0, 0.1) is 5.82 Å². The zero-order valence-corrected chi connectivity index (χ0v) is 15.5. The van der Waals surface area contributed by atoms with Gasteiger partial charge in [-0.2, -0.15) is 0 Å². The third-order valence-corrected chi connectivity index (χ3v) is 4.62. The molecule has 0 aromatic heterocycles. The molecule has 0 saturated carbocycles. The lowest BCUT2D eigenvalue weighted by molar-refractivity contribution is -0.134. The Bertz CT molecular complexity index is 916. The minimum Gasteiger partial charge on any atom is -0.497 e. The van der Waals surface area contributed by atoms with Crippen molar-refractivity contribution in [1.29, 1.82) is 0 Å². The van der Waals surface area contributed by atoms with E-state index in [9.17, 15) is 18.8 Å². The van der Waals surface area contributed by atoms with Crippen molar-refractivity contribution in [2.75, 3.05) is 13.7 Å². The van der Waals surface area contributed by atoms with Crippen LogP contribution in [0.1, 0.15) is 18.1 Å². The highest BCUT2D eigenvalue weighted by Crippen LogP contribution is 2.28. The number of methoxy groups -OCH3 is 1. The molecule has 146 valence electrons. The van der Waals surface area contributed by atoms with Gasteiger partial charge in [0, 0.05) is 6.54 Å². The first kappa shape index (κ1) is 19.3. The van der Waals surface area contributed by atoms with E-state index in [1.54, 1.807) is 25.3 Å². The minimum absolute atomic E-state index is 0.231. The number of rotatable bonds is 6. The van der Waals surface area contributed by atoms with Gasteiger partial charge in [-0.15, -0.1) is 0 Å². The lowest BCUT2D eigenvalue weighted by Crippen LogP contribution is -2.43. The van der Waals surface area contributed by atoms with E-state index < -0.39 is 35.7 Å². The highest BCUT2D eigenvalue weighted by Gasteiger charge is 2.49. The number of ether oxygens (including phenoxy) is 1. The van der Waals surface area contributed by atoms with E-state index in [2.05, 4.69) is 10.6 Å². The van der Waals surface area contributed by atoms with Gasteiger partial charge in [-0.05, 0) is 42.3 Å². The Morgan fingerprint density at radius 2 is 1.93 bits per heavy atom. The fraction of sp³-hybridized carbons (Fsp3) is 0.250. The Morgan fingerprint density at radius 3 is 2.61 bits per heavy atom. The maximum absolute atomic E-state index is 13.1. The molecule has 4 amide bonds. The Balaban J connectivity index is 1.65. The molecule has 0 spiro atoms. The largest absolute Gasteiger partial charge is 0.497 e. The number of nitrogens with one attached hydrogen (secondary N) is 2. The second-order valence-corrected chi connectivity index (χ2v) is 6.58. The van der Waals surface area contributed by atoms with Crippen molar-refractivity contribution in [2.24, 2.45) is 0 Å². The number of halogens is 1. The van der Waals surface area contributed by atoms with Crippen molar-refractivity contribution in [1.82, 2.24) is 15.5 Å². The molecule has 2 aromatic rings. The predicted octanol–water partition coefficient (Wildman–Crippen LogP) is 1.92. The van der Waals surface area contributed by atoms with Crippen molar-refractivity contribution in [3.63, 3.8) is 0 Å². The van der Waals surface area contributed by atoms with Gasteiger partial charge in [-0.3, -0.25) is 14.5 Å². The van der Waals surface area contributed by atoms with Crippen LogP contribution in [-0.2, 0) is 21.7 Å². The molecule has 0 radical (unpaired) electrons. The molecule has 3 rings (SSSR count). The fourth-order valence-corrected chi connectivity index (χ4v) is 3.00. The van der Waals surface area contributed by atoms with E-state index in [4.69, 9.17) is 4.74 Å². The molecule has 0 aliphatic carbocycles. The van der Waals surface area contributed by atoms with Gasteiger partial charge in [-0.1, -0.05) is 24.3 Å². The maximum Gasteiger partial charge on any atom is 0.325 e. The van der Waals surface area contributed by atoms with Crippen LogP contribution in [0.3, 0.4) is 0 Å². The molecule has 1 fully saturated rings. The number of nitrogens with zero attached hydrogens (tertiary/aromatic N) is 1. The van der Waals surface area contributed by atoms with E-state index in [0.29, 0.717) is 11.3 Å². The maximum atomic E-state index is 13.1. The smallest absolute Gasteiger partial charge is 0.325 e. The highest BCUT2D eigenvalue weighted by molar-refractivity contribution is 6.09. The van der Waals surface area contributed by atoms with Crippen LogP contribution in [0.4, 0.5) is 9.18 Å². The van der Waals surface area contributed by atoms with Crippen molar-refractivity contribution < 1.29 is 23.5 Å². The molecule has 1 unspecified atom stereocenters. The molecule has 0 bridgehead atoms. The van der Waals surface area contributed by atoms with Crippen LogP contribution >= 0.6 is 0 Å². The van der Waals surface area contributed by atoms with Gasteiger partial charge in [-0.25, -0.2) is 9.18 Å². The molecule has 1 saturated heterocycles. The quantitative estimate of drug-likeness (QED) is 0.744. The molecule has 1 aliphatic heterocycles. The summed E-state index contributed by atoms with van der Waals surface area (Å²) in [6.07, 6.45) is 0. The van der Waals surface area contributed by atoms with Gasteiger partial charge in [0.1, 0.15) is 23.7 Å². The first-order chi connectivity index (χ1) is 13.3. The van der Waals surface area contributed by atoms with Crippen LogP contribution in [0.5, 0.6) is 5.75 Å². The second kappa shape index (κ2) is 7.67. The third-order valence-electron chi connectivity index (χ3n) is 4.62. The normalized spacial score (nSPS) is 18.8. The first-order valence-electron chi connectivity index (χ1n) is 8.63. The standard InChI is InChI=1S/C20H20FN3O4/c1-20(14-6-8-15(21)9-7-14)18(26)24(19(27)23-20)12-17(25)22-11-13-4-3-5-16(10-13)28-2/h3-10H,11-12H2,1-2H3,(H,22,25)(H,23,27). The number of benzene rings is 2. The van der Waals surface area contributed by atoms with E-state index in [1.165, 1.54) is 31.2 Å². The number of carbonyl (C=O) groups is 3. The first-order valence-corrected chi connectivity index (χ1v) is 8.63. The summed E-state index contributed by atoms with van der Waals surface area (Å²) >= 11 is 0. The molecule has 1 aliphatic rings. The van der Waals surface area contributed by atoms with E-state index in [-0.39, 0.29) is 6.54 Å². The van der Waals surface area contributed by atoms with Crippen molar-refractivity contribution >= 4 is 17.8 Å². The van der Waals surface area contributed by atoms with Gasteiger partial charge in [0.05, 0.1) is 7.11 Å². The van der Waals surface area contributed by atoms with E-state index in [1.807, 2.05) is 6.07 Å². The summed E-state index contributed by atoms with van der Waals surface area (Å²) in [6, 6.07) is 11.8. The highest BCUT2D eigenvalue weighted by atomic mass is 19.1. The van der Waals surface area contributed by atoms with Gasteiger partial charge in [0.15, 0.2) is 0 Å². The lowest BCUT2D eigenvalue weighted by atomic mass is 9.92. The average molecular weight is 385 g/mol. The van der Waals surface area contributed by atoms with Gasteiger partial charge >= 0.3 is 6.03 Å². The summed E-state index contributed by atoms with van der Waals surface area (Å²) < 4.78 is 18.3. The van der Waals surface area contributed by atoms with Crippen molar-refractivity contribution in [3.05, 3.63) is 65.5 Å². The van der Waals surface area contributed by atoms with Crippen LogP contribution < -0.4 is 15.4 Å². The minimum atomic E-state index is -1.35. The van der Waals surface area contributed by atoms with E-state index in [0.717, 1.165) is 10.5 Å². The Hall–Kier alpha value is -3.42. The SMILES string of the molecule is COc1cccc(CNC(=O)CN2C(=O)NC(C)(c3ccc(F)cc3)C2=O)c1. The number of amides is 4. The number of urea groups is 1. The van der Waals surface area contributed by atoms with Gasteiger partial charge < -0.3 is 15.4 Å². The number of imide groups is 1. The van der Waals surface area contributed by atoms with Crippen molar-refractivity contribution in [2.45, 2.75) is 19.0 Å². The molecule has 2 aromatic carbocycles. The monoisotopic (exact) mass is 385 g/mol. The van der Waals surface area contributed by atoms with Crippen LogP contribution in [0.2, 0.25) is 0 Å². The summed E-state index contributed by atoms with van der Waals surface area (Å²) in [5.41, 5.74) is -0.0923. The summed E-state index contributed by atoms with van der Waals surface area (Å²) in [5.74, 6) is -0.830. The summed E-state index contributed by atoms with van der Waals surface area (Å²) in [5, 5.41) is 5.25. The van der Waals surface area contributed by atoms with E-state index >= 15 is 0 Å². The van der Waals surface area contributed by atoms with Gasteiger partial charge in [0.25, 0.3) is 5.91 Å². The Kier molecular flexibility index (Phi) is 5.30. The summed E-state index contributed by atoms with van der Waals surface area (Å²) in [4.78, 5) is 38.1. The third kappa shape index (κ3) is 3.80. The van der Waals surface area contributed by atoms with Crippen LogP contribution in [0.15, 0.2) is 48.5 Å². The zero-order chi connectivity index (χ0) is 20.3. The molecule has 8 heteroatoms. The molecule has 28 heavy (non-hydrogen) atoms. The zero-order valence-electron chi connectivity index (χ0n) is 15.5. The molecular formula is C20H20FN3O4. The number of hydrogen-bond acceptors (Lipinski definition) is 4. The summed E-state index contributed by atoms with van der Waals surface area (Å²) in [7, 11) is 1.55. The Morgan fingerprint density at radius 1 is 1.21 bits per heavy atom. The summed E-state index contributed by atoms with van der Waals surface area (Å²) in [6.45, 7) is 1.34. The predicted molar refractivity (Wildman–Crippen MR) is 98.8 cm³/mol. The van der Waals surface area contributed by atoms with Crippen LogP contribution in [0.25, 0.3) is 0 Å². The van der Waals surface area contributed by atoms with Crippen LogP contribution in [-0.4, -0.2) is 36.4 Å². The second-order valence-electron chi connectivity index (χ2n) is 6.58. The molecule has 1 atom stereocenters. The number of carbonyl (C=O) groups excluding carboxylic acids is 3. The molecular weight excluding hydrogens is 365 g/mol.